The van der Waals surface area contributed by atoms with Crippen molar-refractivity contribution in [3.63, 3.8) is 0 Å². The van der Waals surface area contributed by atoms with Gasteiger partial charge in [0.25, 0.3) is 5.91 Å². The lowest BCUT2D eigenvalue weighted by Gasteiger charge is -2.17. The van der Waals surface area contributed by atoms with Crippen LogP contribution in [0.1, 0.15) is 13.3 Å². The van der Waals surface area contributed by atoms with Crippen LogP contribution in [-0.4, -0.2) is 17.0 Å². The Morgan fingerprint density at radius 2 is 1.94 bits per heavy atom. The molecule has 0 aliphatic rings. The van der Waals surface area contributed by atoms with Crippen LogP contribution >= 0.6 is 22.9 Å². The third kappa shape index (κ3) is 4.71. The number of anilines is 1. The van der Waals surface area contributed by atoms with Gasteiger partial charge >= 0.3 is 0 Å². The van der Waals surface area contributed by atoms with Gasteiger partial charge in [0.1, 0.15) is 5.58 Å². The molecule has 176 valence electrons. The topological polar surface area (TPSA) is 94.6 Å². The van der Waals surface area contributed by atoms with Crippen LogP contribution in [-0.2, 0) is 4.79 Å². The summed E-state index contributed by atoms with van der Waals surface area (Å²) in [6, 6.07) is 17.5. The van der Waals surface area contributed by atoms with Crippen molar-refractivity contribution in [1.29, 1.82) is 0 Å². The summed E-state index contributed by atoms with van der Waals surface area (Å²) >= 11 is 7.24. The second-order valence-corrected chi connectivity index (χ2v) is 8.91. The molecule has 0 aliphatic carbocycles. The van der Waals surface area contributed by atoms with Gasteiger partial charge in [-0.15, -0.1) is 11.3 Å². The number of fused-ring (bicyclic) bond motifs is 1. The average Bonchev–Trinajstić information content (AvgIpc) is 3.57. The average molecular weight is 507 g/mol. The molecule has 3 heterocycles. The Morgan fingerprint density at radius 3 is 2.69 bits per heavy atom. The van der Waals surface area contributed by atoms with Crippen LogP contribution in [0.4, 0.5) is 5.13 Å². The minimum atomic E-state index is -0.962. The van der Waals surface area contributed by atoms with Crippen LogP contribution in [0, 0.1) is 0 Å². The van der Waals surface area contributed by atoms with Gasteiger partial charge in [-0.05, 0) is 42.8 Å². The first kappa shape index (κ1) is 22.9. The molecule has 1 N–H and O–H groups in total. The van der Waals surface area contributed by atoms with E-state index in [0.717, 1.165) is 5.56 Å². The molecule has 1 amide bonds. The van der Waals surface area contributed by atoms with Crippen molar-refractivity contribution in [2.75, 3.05) is 5.32 Å². The number of carbonyl (C=O) groups is 1. The number of nitrogens with one attached hydrogen (secondary N) is 1. The number of hydrogen-bond acceptors (Lipinski definition) is 7. The van der Waals surface area contributed by atoms with Crippen LogP contribution < -0.4 is 15.5 Å². The zero-order valence-corrected chi connectivity index (χ0v) is 20.1. The summed E-state index contributed by atoms with van der Waals surface area (Å²) in [6.07, 6.45) is 0.820. The van der Waals surface area contributed by atoms with E-state index in [0.29, 0.717) is 39.0 Å². The number of carbonyl (C=O) groups excluding carboxylic acids is 1. The smallest absolute Gasteiger partial charge is 0.267 e. The number of nitrogens with zero attached hydrogens (tertiary/aromatic N) is 1. The van der Waals surface area contributed by atoms with Gasteiger partial charge in [0.05, 0.1) is 17.3 Å². The van der Waals surface area contributed by atoms with Crippen LogP contribution in [0.2, 0.25) is 5.02 Å². The van der Waals surface area contributed by atoms with Crippen molar-refractivity contribution >= 4 is 44.9 Å². The highest BCUT2D eigenvalue weighted by atomic mass is 35.5. The van der Waals surface area contributed by atoms with Crippen molar-refractivity contribution in [3.8, 4) is 28.5 Å². The number of rotatable bonds is 7. The van der Waals surface area contributed by atoms with Gasteiger partial charge in [-0.3, -0.25) is 14.9 Å². The molecule has 0 radical (unpaired) electrons. The first-order valence-electron chi connectivity index (χ1n) is 10.8. The highest BCUT2D eigenvalue weighted by molar-refractivity contribution is 7.14. The minimum absolute atomic E-state index is 0.0818. The lowest BCUT2D eigenvalue weighted by molar-refractivity contribution is -0.122. The van der Waals surface area contributed by atoms with Gasteiger partial charge in [-0.2, -0.15) is 0 Å². The molecule has 9 heteroatoms. The maximum absolute atomic E-state index is 13.3. The Labute approximate surface area is 208 Å². The van der Waals surface area contributed by atoms with E-state index in [-0.39, 0.29) is 16.9 Å². The quantitative estimate of drug-likeness (QED) is 0.266. The van der Waals surface area contributed by atoms with E-state index in [1.165, 1.54) is 17.6 Å². The molecule has 1 unspecified atom stereocenters. The Balaban J connectivity index is 1.42. The molecule has 0 saturated heterocycles. The summed E-state index contributed by atoms with van der Waals surface area (Å²) in [6.45, 7) is 1.79. The van der Waals surface area contributed by atoms with Gasteiger partial charge in [-0.25, -0.2) is 4.98 Å². The number of ether oxygens (including phenoxy) is 1. The zero-order valence-electron chi connectivity index (χ0n) is 18.5. The van der Waals surface area contributed by atoms with Gasteiger partial charge in [-0.1, -0.05) is 42.8 Å². The molecule has 0 fully saturated rings. The summed E-state index contributed by atoms with van der Waals surface area (Å²) in [5.74, 6) is -0.0565. The van der Waals surface area contributed by atoms with Crippen molar-refractivity contribution in [2.24, 2.45) is 0 Å². The predicted octanol–water partition coefficient (Wildman–Crippen LogP) is 6.63. The fraction of sp³-hybridized carbons (Fsp3) is 0.115. The maximum Gasteiger partial charge on any atom is 0.267 e. The molecule has 1 atom stereocenters. The number of amides is 1. The second-order valence-electron chi connectivity index (χ2n) is 7.61. The molecule has 35 heavy (non-hydrogen) atoms. The Morgan fingerprint density at radius 1 is 1.14 bits per heavy atom. The highest BCUT2D eigenvalue weighted by Crippen LogP contribution is 2.32. The number of furan rings is 1. The van der Waals surface area contributed by atoms with Crippen molar-refractivity contribution in [3.05, 3.63) is 87.6 Å². The fourth-order valence-electron chi connectivity index (χ4n) is 3.54. The van der Waals surface area contributed by atoms with E-state index in [2.05, 4.69) is 10.3 Å². The third-order valence-electron chi connectivity index (χ3n) is 5.30. The van der Waals surface area contributed by atoms with Gasteiger partial charge in [0.15, 0.2) is 17.0 Å². The molecule has 5 aromatic rings. The van der Waals surface area contributed by atoms with E-state index in [9.17, 15) is 9.59 Å². The van der Waals surface area contributed by atoms with Crippen LogP contribution in [0.15, 0.2) is 85.9 Å². The third-order valence-corrected chi connectivity index (χ3v) is 6.31. The fourth-order valence-corrected chi connectivity index (χ4v) is 4.39. The van der Waals surface area contributed by atoms with Crippen molar-refractivity contribution in [2.45, 2.75) is 19.4 Å². The van der Waals surface area contributed by atoms with Crippen molar-refractivity contribution in [1.82, 2.24) is 4.98 Å². The molecule has 0 aliphatic heterocycles. The normalized spacial score (nSPS) is 11.9. The molecular formula is C26H19ClN2O5S. The molecule has 0 saturated carbocycles. The Hall–Kier alpha value is -3.88. The molecule has 7 nitrogen and oxygen atoms in total. The van der Waals surface area contributed by atoms with Crippen LogP contribution in [0.5, 0.6) is 5.75 Å². The summed E-state index contributed by atoms with van der Waals surface area (Å²) in [4.78, 5) is 30.8. The number of thiazole rings is 1. The first-order valence-corrected chi connectivity index (χ1v) is 12.1. The van der Waals surface area contributed by atoms with Crippen LogP contribution in [0.25, 0.3) is 33.7 Å². The lowest BCUT2D eigenvalue weighted by atomic mass is 10.2. The summed E-state index contributed by atoms with van der Waals surface area (Å²) in [7, 11) is 0. The largest absolute Gasteiger partial charge is 0.473 e. The standard InChI is InChI=1S/C26H19ClN2O5S/c1-2-19(25(31)29-26-28-18(14-35-26)15-9-11-16(27)12-10-15)33-24-22(30)17-6-3-4-7-20(17)34-23(24)21-8-5-13-32-21/h3-14,19H,2H2,1H3,(H,28,29,31). The molecule has 3 aromatic heterocycles. The first-order chi connectivity index (χ1) is 17.0. The molecule has 0 bridgehead atoms. The number of para-hydroxylation sites is 1. The summed E-state index contributed by atoms with van der Waals surface area (Å²) in [5.41, 5.74) is 1.60. The van der Waals surface area contributed by atoms with Gasteiger partial charge in [0.2, 0.25) is 16.9 Å². The zero-order chi connectivity index (χ0) is 24.4. The molecule has 2 aromatic carbocycles. The molecule has 0 spiro atoms. The maximum atomic E-state index is 13.3. The van der Waals surface area contributed by atoms with Gasteiger partial charge in [0, 0.05) is 16.0 Å². The van der Waals surface area contributed by atoms with Crippen molar-refractivity contribution < 1.29 is 18.4 Å². The lowest BCUT2D eigenvalue weighted by Crippen LogP contribution is -2.34. The summed E-state index contributed by atoms with van der Waals surface area (Å²) < 4.78 is 17.4. The monoisotopic (exact) mass is 506 g/mol. The molecular weight excluding hydrogens is 488 g/mol. The van der Waals surface area contributed by atoms with E-state index in [4.69, 9.17) is 25.2 Å². The second kappa shape index (κ2) is 9.77. The number of halogens is 1. The van der Waals surface area contributed by atoms with E-state index >= 15 is 0 Å². The minimum Gasteiger partial charge on any atom is -0.473 e. The van der Waals surface area contributed by atoms with E-state index in [1.807, 2.05) is 17.5 Å². The number of benzene rings is 2. The number of hydrogen-bond donors (Lipinski definition) is 1. The highest BCUT2D eigenvalue weighted by Gasteiger charge is 2.26. The SMILES string of the molecule is CCC(Oc1c(-c2ccco2)oc2ccccc2c1=O)C(=O)Nc1nc(-c2ccc(Cl)cc2)cs1. The molecule has 5 rings (SSSR count). The Bertz CT molecular complexity index is 1540. The Kier molecular flexibility index (Phi) is 6.39. The summed E-state index contributed by atoms with van der Waals surface area (Å²) in [5, 5.41) is 6.02. The number of aromatic nitrogens is 1. The van der Waals surface area contributed by atoms with Gasteiger partial charge < -0.3 is 13.6 Å². The van der Waals surface area contributed by atoms with E-state index < -0.39 is 12.0 Å². The van der Waals surface area contributed by atoms with Crippen LogP contribution in [0.3, 0.4) is 0 Å². The van der Waals surface area contributed by atoms with E-state index in [1.54, 1.807) is 55.5 Å². The predicted molar refractivity (Wildman–Crippen MR) is 136 cm³/mol.